The predicted molar refractivity (Wildman–Crippen MR) is 55.8 cm³/mol. The van der Waals surface area contributed by atoms with E-state index >= 15 is 0 Å². The molecular weight excluding hydrogens is 213 g/mol. The summed E-state index contributed by atoms with van der Waals surface area (Å²) in [5.74, 6) is -0.108. The molecule has 0 saturated carbocycles. The molecule has 1 aromatic rings. The van der Waals surface area contributed by atoms with Crippen LogP contribution in [0.25, 0.3) is 0 Å². The normalized spacial score (nSPS) is 20.8. The van der Waals surface area contributed by atoms with Gasteiger partial charge in [-0.1, -0.05) is 0 Å². The van der Waals surface area contributed by atoms with Gasteiger partial charge in [0.2, 0.25) is 0 Å². The quantitative estimate of drug-likeness (QED) is 0.621. The molecule has 0 amide bonds. The van der Waals surface area contributed by atoms with Crippen molar-refractivity contribution in [3.8, 4) is 5.75 Å². The van der Waals surface area contributed by atoms with Gasteiger partial charge in [-0.25, -0.2) is 4.39 Å². The number of ether oxygens (including phenoxy) is 2. The highest BCUT2D eigenvalue weighted by atomic mass is 19.1. The van der Waals surface area contributed by atoms with E-state index in [1.165, 1.54) is 18.2 Å². The van der Waals surface area contributed by atoms with Crippen molar-refractivity contribution in [1.29, 1.82) is 0 Å². The molecule has 0 bridgehead atoms. The Labute approximate surface area is 92.9 Å². The van der Waals surface area contributed by atoms with Crippen molar-refractivity contribution >= 4 is 5.69 Å². The van der Waals surface area contributed by atoms with Crippen LogP contribution in [-0.2, 0) is 4.74 Å². The van der Waals surface area contributed by atoms with Crippen molar-refractivity contribution in [2.24, 2.45) is 0 Å². The van der Waals surface area contributed by atoms with Crippen LogP contribution in [-0.4, -0.2) is 19.3 Å². The third-order valence-electron chi connectivity index (χ3n) is 2.51. The summed E-state index contributed by atoms with van der Waals surface area (Å²) in [5, 5.41) is 10.7. The molecule has 1 saturated heterocycles. The van der Waals surface area contributed by atoms with Crippen LogP contribution in [0.5, 0.6) is 5.75 Å². The summed E-state index contributed by atoms with van der Waals surface area (Å²) in [4.78, 5) is 0. The molecule has 1 aromatic carbocycles. The minimum atomic E-state index is -0.405. The van der Waals surface area contributed by atoms with Gasteiger partial charge < -0.3 is 20.2 Å². The highest BCUT2D eigenvalue weighted by molar-refractivity contribution is 5.45. The van der Waals surface area contributed by atoms with Gasteiger partial charge in [0, 0.05) is 18.7 Å². The van der Waals surface area contributed by atoms with E-state index in [4.69, 9.17) is 9.47 Å². The molecule has 2 rings (SSSR count). The van der Waals surface area contributed by atoms with Gasteiger partial charge in [-0.2, -0.15) is 0 Å². The Morgan fingerprint density at radius 2 is 2.38 bits per heavy atom. The minimum absolute atomic E-state index is 0.0887. The number of rotatable bonds is 3. The average molecular weight is 227 g/mol. The fraction of sp³-hybridized carbons (Fsp3) is 0.455. The molecule has 1 fully saturated rings. The largest absolute Gasteiger partial charge is 0.630 e. The monoisotopic (exact) mass is 227 g/mol. The lowest BCUT2D eigenvalue weighted by atomic mass is 10.2. The summed E-state index contributed by atoms with van der Waals surface area (Å²) in [6.07, 6.45) is 1.71. The van der Waals surface area contributed by atoms with Crippen molar-refractivity contribution in [2.75, 3.05) is 13.2 Å². The first-order valence-corrected chi connectivity index (χ1v) is 5.29. The van der Waals surface area contributed by atoms with E-state index in [-0.39, 0.29) is 6.10 Å². The molecule has 0 aromatic heterocycles. The third-order valence-corrected chi connectivity index (χ3v) is 2.51. The average Bonchev–Trinajstić information content (AvgIpc) is 2.31. The van der Waals surface area contributed by atoms with Crippen molar-refractivity contribution < 1.29 is 19.3 Å². The van der Waals surface area contributed by atoms with Crippen LogP contribution in [0, 0.1) is 11.0 Å². The van der Waals surface area contributed by atoms with Crippen LogP contribution >= 0.6 is 0 Å². The lowest BCUT2D eigenvalue weighted by Crippen LogP contribution is -2.70. The van der Waals surface area contributed by atoms with E-state index in [1.807, 2.05) is 0 Å². The minimum Gasteiger partial charge on any atom is -0.630 e. The number of hydrogen-bond donors (Lipinski definition) is 1. The van der Waals surface area contributed by atoms with E-state index in [2.05, 4.69) is 0 Å². The van der Waals surface area contributed by atoms with E-state index in [1.54, 1.807) is 0 Å². The van der Waals surface area contributed by atoms with Crippen LogP contribution in [0.15, 0.2) is 18.2 Å². The summed E-state index contributed by atoms with van der Waals surface area (Å²) >= 11 is 0. The highest BCUT2D eigenvalue weighted by Gasteiger charge is 2.18. The molecule has 2 N–H and O–H groups in total. The lowest BCUT2D eigenvalue weighted by molar-refractivity contribution is -0.498. The van der Waals surface area contributed by atoms with Crippen LogP contribution in [0.1, 0.15) is 12.8 Å². The zero-order chi connectivity index (χ0) is 11.4. The fourth-order valence-electron chi connectivity index (χ4n) is 1.69. The summed E-state index contributed by atoms with van der Waals surface area (Å²) in [6.45, 7) is 1.23. The van der Waals surface area contributed by atoms with Gasteiger partial charge in [0.05, 0.1) is 6.61 Å². The Morgan fingerprint density at radius 3 is 3.06 bits per heavy atom. The third kappa shape index (κ3) is 2.69. The van der Waals surface area contributed by atoms with Gasteiger partial charge in [-0.15, -0.1) is 0 Å². The maximum absolute atomic E-state index is 13.0. The molecular formula is C11H14FNO3. The van der Waals surface area contributed by atoms with E-state index in [0.29, 0.717) is 23.5 Å². The van der Waals surface area contributed by atoms with E-state index in [0.717, 1.165) is 19.4 Å². The highest BCUT2D eigenvalue weighted by Crippen LogP contribution is 2.24. The van der Waals surface area contributed by atoms with Gasteiger partial charge in [0.25, 0.3) is 0 Å². The molecule has 16 heavy (non-hydrogen) atoms. The lowest BCUT2D eigenvalue weighted by Gasteiger charge is -2.23. The standard InChI is InChI=1S/C11H14FNO3/c12-8-3-4-10(13-14)11(6-8)16-9-2-1-5-15-7-9/h3-4,6,9H,1-2,5,7,13H2. The predicted octanol–water partition coefficient (Wildman–Crippen LogP) is 1.08. The first kappa shape index (κ1) is 11.3. The Balaban J connectivity index is 2.09. The van der Waals surface area contributed by atoms with Crippen molar-refractivity contribution in [2.45, 2.75) is 18.9 Å². The van der Waals surface area contributed by atoms with E-state index in [9.17, 15) is 9.60 Å². The Bertz CT molecular complexity index is 353. The molecule has 5 heteroatoms. The molecule has 1 heterocycles. The van der Waals surface area contributed by atoms with Crippen LogP contribution in [0.4, 0.5) is 10.1 Å². The zero-order valence-electron chi connectivity index (χ0n) is 8.82. The second-order valence-electron chi connectivity index (χ2n) is 3.76. The molecule has 1 aliphatic heterocycles. The topological polar surface area (TPSA) is 58.1 Å². The van der Waals surface area contributed by atoms with Crippen molar-refractivity contribution in [1.82, 2.24) is 0 Å². The Morgan fingerprint density at radius 1 is 1.50 bits per heavy atom. The van der Waals surface area contributed by atoms with Gasteiger partial charge in [0.15, 0.2) is 11.4 Å². The second-order valence-corrected chi connectivity index (χ2v) is 3.76. The molecule has 1 atom stereocenters. The molecule has 0 spiro atoms. The van der Waals surface area contributed by atoms with Crippen LogP contribution in [0.2, 0.25) is 0 Å². The maximum atomic E-state index is 13.0. The smallest absolute Gasteiger partial charge is 0.183 e. The van der Waals surface area contributed by atoms with Crippen molar-refractivity contribution in [3.05, 3.63) is 29.2 Å². The Kier molecular flexibility index (Phi) is 3.71. The summed E-state index contributed by atoms with van der Waals surface area (Å²) in [5.41, 5.74) is 1.03. The number of hydrogen-bond acceptors (Lipinski definition) is 3. The maximum Gasteiger partial charge on any atom is 0.183 e. The SMILES string of the molecule is [O-][NH2+]c1ccc(F)cc1OC1CCCOC1. The molecule has 4 nitrogen and oxygen atoms in total. The van der Waals surface area contributed by atoms with Gasteiger partial charge >= 0.3 is 0 Å². The van der Waals surface area contributed by atoms with Crippen LogP contribution < -0.4 is 10.2 Å². The van der Waals surface area contributed by atoms with Crippen molar-refractivity contribution in [3.63, 3.8) is 0 Å². The molecule has 88 valence electrons. The molecule has 1 aliphatic rings. The van der Waals surface area contributed by atoms with Gasteiger partial charge in [0.1, 0.15) is 11.9 Å². The number of nitrogens with two attached hydrogens (primary N) is 1. The Hall–Kier alpha value is -1.17. The molecule has 1 unspecified atom stereocenters. The van der Waals surface area contributed by atoms with Gasteiger partial charge in [-0.05, 0) is 18.9 Å². The summed E-state index contributed by atoms with van der Waals surface area (Å²) in [7, 11) is 0. The van der Waals surface area contributed by atoms with Gasteiger partial charge in [-0.3, -0.25) is 0 Å². The zero-order valence-corrected chi connectivity index (χ0v) is 8.82. The second kappa shape index (κ2) is 5.25. The summed E-state index contributed by atoms with van der Waals surface area (Å²) < 4.78 is 23.8. The number of benzene rings is 1. The number of halogens is 1. The molecule has 0 radical (unpaired) electrons. The first-order valence-electron chi connectivity index (χ1n) is 5.29. The summed E-state index contributed by atoms with van der Waals surface area (Å²) in [6, 6.07) is 3.90. The van der Waals surface area contributed by atoms with E-state index < -0.39 is 5.82 Å². The first-order chi connectivity index (χ1) is 7.79. The molecule has 0 aliphatic carbocycles. The number of quaternary nitrogens is 1. The van der Waals surface area contributed by atoms with Crippen LogP contribution in [0.3, 0.4) is 0 Å². The fourth-order valence-corrected chi connectivity index (χ4v) is 1.69.